The number of carbonyl (C=O) groups is 1. The van der Waals surface area contributed by atoms with E-state index in [0.717, 1.165) is 5.56 Å². The third-order valence-electron chi connectivity index (χ3n) is 2.73. The molecular weight excluding hydrogens is 246 g/mol. The van der Waals surface area contributed by atoms with E-state index in [2.05, 4.69) is 5.16 Å². The van der Waals surface area contributed by atoms with E-state index in [9.17, 15) is 9.90 Å². The van der Waals surface area contributed by atoms with Crippen LogP contribution in [0.3, 0.4) is 0 Å². The minimum Gasteiger partial charge on any atom is -0.507 e. The number of benzene rings is 1. The van der Waals surface area contributed by atoms with Crippen molar-refractivity contribution in [3.05, 3.63) is 29.3 Å². The Bertz CT molecular complexity index is 498. The van der Waals surface area contributed by atoms with Gasteiger partial charge >= 0.3 is 0 Å². The molecule has 0 radical (unpaired) electrons. The molecule has 0 atom stereocenters. The summed E-state index contributed by atoms with van der Waals surface area (Å²) in [5, 5.41) is 21.3. The fourth-order valence-electron chi connectivity index (χ4n) is 1.67. The first-order valence-corrected chi connectivity index (χ1v) is 5.93. The van der Waals surface area contributed by atoms with Crippen molar-refractivity contribution in [2.24, 2.45) is 10.9 Å². The fraction of sp³-hybridized carbons (Fsp3) is 0.385. The van der Waals surface area contributed by atoms with Gasteiger partial charge < -0.3 is 20.9 Å². The molecule has 1 aromatic rings. The van der Waals surface area contributed by atoms with Crippen molar-refractivity contribution in [1.29, 1.82) is 0 Å². The summed E-state index contributed by atoms with van der Waals surface area (Å²) >= 11 is 0. The van der Waals surface area contributed by atoms with E-state index >= 15 is 0 Å². The maximum Gasteiger partial charge on any atom is 0.258 e. The van der Waals surface area contributed by atoms with Crippen LogP contribution in [0.1, 0.15) is 29.8 Å². The van der Waals surface area contributed by atoms with E-state index in [1.807, 2.05) is 20.8 Å². The summed E-state index contributed by atoms with van der Waals surface area (Å²) in [4.78, 5) is 13.8. The van der Waals surface area contributed by atoms with Crippen LogP contribution in [-0.2, 0) is 0 Å². The molecule has 0 aromatic heterocycles. The zero-order valence-corrected chi connectivity index (χ0v) is 11.3. The Kier molecular flexibility index (Phi) is 4.74. The summed E-state index contributed by atoms with van der Waals surface area (Å²) in [5.74, 6) is -0.497. The number of oxime groups is 1. The zero-order chi connectivity index (χ0) is 14.6. The molecule has 0 aliphatic carbocycles. The number of phenolic OH excluding ortho intramolecular Hbond substituents is 1. The Hall–Kier alpha value is -2.24. The maximum absolute atomic E-state index is 12.3. The molecule has 0 bridgehead atoms. The number of aromatic hydroxyl groups is 1. The highest BCUT2D eigenvalue weighted by Gasteiger charge is 2.22. The highest BCUT2D eigenvalue weighted by atomic mass is 16.4. The number of nitrogens with zero attached hydrogens (tertiary/aromatic N) is 2. The molecule has 6 nitrogen and oxygen atoms in total. The van der Waals surface area contributed by atoms with Crippen molar-refractivity contribution in [2.75, 3.05) is 6.54 Å². The first kappa shape index (κ1) is 14.8. The number of carbonyl (C=O) groups excluding carboxylic acids is 1. The number of aryl methyl sites for hydroxylation is 1. The van der Waals surface area contributed by atoms with Crippen molar-refractivity contribution < 1.29 is 15.1 Å². The topological polar surface area (TPSA) is 99.2 Å². The van der Waals surface area contributed by atoms with Crippen LogP contribution in [0.25, 0.3) is 0 Å². The van der Waals surface area contributed by atoms with E-state index in [4.69, 9.17) is 10.9 Å². The summed E-state index contributed by atoms with van der Waals surface area (Å²) in [6.45, 7) is 5.45. The lowest BCUT2D eigenvalue weighted by molar-refractivity contribution is 0.0731. The van der Waals surface area contributed by atoms with Gasteiger partial charge in [0.05, 0.1) is 12.1 Å². The molecule has 1 rings (SSSR count). The number of amidine groups is 1. The molecule has 104 valence electrons. The third kappa shape index (κ3) is 3.61. The summed E-state index contributed by atoms with van der Waals surface area (Å²) in [6.07, 6.45) is 0. The second-order valence-corrected chi connectivity index (χ2v) is 4.64. The van der Waals surface area contributed by atoms with E-state index < -0.39 is 0 Å². The van der Waals surface area contributed by atoms with E-state index in [-0.39, 0.29) is 35.6 Å². The van der Waals surface area contributed by atoms with Gasteiger partial charge in [-0.05, 0) is 38.5 Å². The Morgan fingerprint density at radius 3 is 2.58 bits per heavy atom. The Morgan fingerprint density at radius 1 is 1.47 bits per heavy atom. The van der Waals surface area contributed by atoms with Crippen molar-refractivity contribution in [2.45, 2.75) is 26.8 Å². The van der Waals surface area contributed by atoms with Gasteiger partial charge in [-0.25, -0.2) is 0 Å². The highest BCUT2D eigenvalue weighted by molar-refractivity contribution is 5.99. The summed E-state index contributed by atoms with van der Waals surface area (Å²) < 4.78 is 0. The van der Waals surface area contributed by atoms with Crippen molar-refractivity contribution >= 4 is 11.7 Å². The van der Waals surface area contributed by atoms with E-state index in [1.54, 1.807) is 12.1 Å². The van der Waals surface area contributed by atoms with E-state index in [1.165, 1.54) is 11.0 Å². The van der Waals surface area contributed by atoms with Gasteiger partial charge in [-0.1, -0.05) is 11.2 Å². The average molecular weight is 265 g/mol. The van der Waals surface area contributed by atoms with Gasteiger partial charge in [0.1, 0.15) is 5.75 Å². The van der Waals surface area contributed by atoms with Gasteiger partial charge in [-0.2, -0.15) is 0 Å². The molecule has 0 aliphatic rings. The SMILES string of the molecule is Cc1ccc(C(=O)N(CC(N)=NO)C(C)C)c(O)c1. The standard InChI is InChI=1S/C13H19N3O3/c1-8(2)16(7-12(14)15-19)13(18)10-5-4-9(3)6-11(10)17/h4-6,8,17,19H,7H2,1-3H3,(H2,14,15). The number of hydrogen-bond donors (Lipinski definition) is 3. The predicted octanol–water partition coefficient (Wildman–Crippen LogP) is 1.30. The van der Waals surface area contributed by atoms with Crippen LogP contribution >= 0.6 is 0 Å². The van der Waals surface area contributed by atoms with Crippen molar-refractivity contribution in [3.63, 3.8) is 0 Å². The third-order valence-corrected chi connectivity index (χ3v) is 2.73. The molecule has 0 saturated heterocycles. The first-order valence-electron chi connectivity index (χ1n) is 5.93. The number of amides is 1. The van der Waals surface area contributed by atoms with E-state index in [0.29, 0.717) is 0 Å². The van der Waals surface area contributed by atoms with Crippen molar-refractivity contribution in [3.8, 4) is 5.75 Å². The number of phenols is 1. The van der Waals surface area contributed by atoms with Crippen LogP contribution < -0.4 is 5.73 Å². The van der Waals surface area contributed by atoms with Gasteiger partial charge in [0, 0.05) is 6.04 Å². The lowest BCUT2D eigenvalue weighted by Crippen LogP contribution is -2.42. The van der Waals surface area contributed by atoms with Crippen LogP contribution in [0.4, 0.5) is 0 Å². The van der Waals surface area contributed by atoms with Crippen LogP contribution in [0.5, 0.6) is 5.75 Å². The molecule has 0 heterocycles. The highest BCUT2D eigenvalue weighted by Crippen LogP contribution is 2.21. The predicted molar refractivity (Wildman–Crippen MR) is 72.4 cm³/mol. The minimum absolute atomic E-state index is 0.000314. The van der Waals surface area contributed by atoms with Gasteiger partial charge in [-0.3, -0.25) is 4.79 Å². The second kappa shape index (κ2) is 6.08. The lowest BCUT2D eigenvalue weighted by Gasteiger charge is -2.26. The molecule has 1 amide bonds. The van der Waals surface area contributed by atoms with Gasteiger partial charge in [0.15, 0.2) is 5.84 Å². The van der Waals surface area contributed by atoms with Crippen LogP contribution in [0, 0.1) is 6.92 Å². The van der Waals surface area contributed by atoms with Crippen LogP contribution in [-0.4, -0.2) is 39.5 Å². The number of hydrogen-bond acceptors (Lipinski definition) is 4. The Labute approximate surface area is 112 Å². The molecule has 0 saturated carbocycles. The average Bonchev–Trinajstić information content (AvgIpc) is 2.34. The smallest absolute Gasteiger partial charge is 0.258 e. The summed E-state index contributed by atoms with van der Waals surface area (Å²) in [6, 6.07) is 4.69. The maximum atomic E-state index is 12.3. The quantitative estimate of drug-likeness (QED) is 0.330. The summed E-state index contributed by atoms with van der Waals surface area (Å²) in [7, 11) is 0. The second-order valence-electron chi connectivity index (χ2n) is 4.64. The van der Waals surface area contributed by atoms with Gasteiger partial charge in [0.2, 0.25) is 0 Å². The molecule has 0 unspecified atom stereocenters. The molecule has 1 aromatic carbocycles. The molecule has 0 fully saturated rings. The molecule has 19 heavy (non-hydrogen) atoms. The van der Waals surface area contributed by atoms with Gasteiger partial charge in [-0.15, -0.1) is 0 Å². The normalized spacial score (nSPS) is 11.7. The molecular formula is C13H19N3O3. The van der Waals surface area contributed by atoms with Crippen LogP contribution in [0.15, 0.2) is 23.4 Å². The lowest BCUT2D eigenvalue weighted by atomic mass is 10.1. The van der Waals surface area contributed by atoms with Crippen molar-refractivity contribution in [1.82, 2.24) is 4.90 Å². The molecule has 6 heteroatoms. The first-order chi connectivity index (χ1) is 8.86. The number of nitrogens with two attached hydrogens (primary N) is 1. The van der Waals surface area contributed by atoms with Crippen LogP contribution in [0.2, 0.25) is 0 Å². The van der Waals surface area contributed by atoms with Gasteiger partial charge in [0.25, 0.3) is 5.91 Å². The fourth-order valence-corrected chi connectivity index (χ4v) is 1.67. The number of rotatable bonds is 4. The Morgan fingerprint density at radius 2 is 2.11 bits per heavy atom. The Balaban J connectivity index is 3.06. The zero-order valence-electron chi connectivity index (χ0n) is 11.3. The largest absolute Gasteiger partial charge is 0.507 e. The minimum atomic E-state index is -0.362. The molecule has 0 spiro atoms. The molecule has 0 aliphatic heterocycles. The monoisotopic (exact) mass is 265 g/mol. The molecule has 4 N–H and O–H groups in total. The summed E-state index contributed by atoms with van der Waals surface area (Å²) in [5.41, 5.74) is 6.49.